The molecule has 1 heterocycles. The van der Waals surface area contributed by atoms with E-state index in [2.05, 4.69) is 0 Å². The van der Waals surface area contributed by atoms with Crippen LogP contribution in [0, 0.1) is 5.92 Å². The predicted molar refractivity (Wildman–Crippen MR) is 81.0 cm³/mol. The summed E-state index contributed by atoms with van der Waals surface area (Å²) < 4.78 is 28.2. The molecule has 0 aromatic heterocycles. The maximum absolute atomic E-state index is 12.0. The molecule has 3 rings (SSSR count). The first-order chi connectivity index (χ1) is 10.0. The lowest BCUT2D eigenvalue weighted by Gasteiger charge is -2.10. The summed E-state index contributed by atoms with van der Waals surface area (Å²) >= 11 is 0. The highest BCUT2D eigenvalue weighted by Gasteiger charge is 2.30. The van der Waals surface area contributed by atoms with Crippen LogP contribution in [-0.4, -0.2) is 25.9 Å². The molecule has 0 bridgehead atoms. The van der Waals surface area contributed by atoms with Crippen LogP contribution in [0.3, 0.4) is 0 Å². The number of esters is 1. The van der Waals surface area contributed by atoms with E-state index in [1.54, 1.807) is 6.07 Å². The molecule has 110 valence electrons. The van der Waals surface area contributed by atoms with Crippen molar-refractivity contribution in [2.75, 3.05) is 11.5 Å². The van der Waals surface area contributed by atoms with Gasteiger partial charge in [-0.2, -0.15) is 0 Å². The van der Waals surface area contributed by atoms with Crippen LogP contribution in [0.2, 0.25) is 0 Å². The molecular weight excluding hydrogens is 288 g/mol. The first-order valence-electron chi connectivity index (χ1n) is 6.92. The fraction of sp³-hybridized carbons (Fsp3) is 0.312. The van der Waals surface area contributed by atoms with Gasteiger partial charge in [0, 0.05) is 11.8 Å². The van der Waals surface area contributed by atoms with Crippen LogP contribution < -0.4 is 4.74 Å². The van der Waals surface area contributed by atoms with Crippen molar-refractivity contribution in [3.8, 4) is 5.75 Å². The third-order valence-electron chi connectivity index (χ3n) is 3.76. The molecule has 1 aliphatic heterocycles. The Morgan fingerprint density at radius 1 is 1.14 bits per heavy atom. The molecule has 0 unspecified atom stereocenters. The Balaban J connectivity index is 1.72. The summed E-state index contributed by atoms with van der Waals surface area (Å²) in [6.07, 6.45) is 0.704. The second-order valence-electron chi connectivity index (χ2n) is 5.42. The zero-order chi connectivity index (χ0) is 14.9. The Labute approximate surface area is 123 Å². The molecule has 0 saturated carbocycles. The highest BCUT2D eigenvalue weighted by molar-refractivity contribution is 7.91. The van der Waals surface area contributed by atoms with Crippen LogP contribution in [0.15, 0.2) is 42.5 Å². The fourth-order valence-electron chi connectivity index (χ4n) is 2.72. The van der Waals surface area contributed by atoms with Gasteiger partial charge in [-0.15, -0.1) is 0 Å². The van der Waals surface area contributed by atoms with Gasteiger partial charge in [0.15, 0.2) is 9.84 Å². The van der Waals surface area contributed by atoms with Crippen LogP contribution in [0.5, 0.6) is 5.75 Å². The summed E-state index contributed by atoms with van der Waals surface area (Å²) in [4.78, 5) is 12.0. The lowest BCUT2D eigenvalue weighted by atomic mass is 10.1. The Bertz CT molecular complexity index is 774. The topological polar surface area (TPSA) is 60.4 Å². The molecular formula is C16H16O4S. The van der Waals surface area contributed by atoms with Gasteiger partial charge >= 0.3 is 5.97 Å². The summed E-state index contributed by atoms with van der Waals surface area (Å²) in [5, 5.41) is 1.89. The smallest absolute Gasteiger partial charge is 0.311 e. The van der Waals surface area contributed by atoms with E-state index >= 15 is 0 Å². The molecule has 2 aromatic rings. The minimum atomic E-state index is -2.96. The molecule has 1 aliphatic rings. The molecule has 1 saturated heterocycles. The molecule has 21 heavy (non-hydrogen) atoms. The second-order valence-corrected chi connectivity index (χ2v) is 7.65. The van der Waals surface area contributed by atoms with E-state index in [0.29, 0.717) is 12.2 Å². The van der Waals surface area contributed by atoms with E-state index < -0.39 is 9.84 Å². The monoisotopic (exact) mass is 304 g/mol. The predicted octanol–water partition coefficient (Wildman–Crippen LogP) is 2.57. The number of carbonyl (C=O) groups is 1. The first kappa shape index (κ1) is 14.1. The average molecular weight is 304 g/mol. The number of hydrogen-bond donors (Lipinski definition) is 0. The second kappa shape index (κ2) is 5.48. The van der Waals surface area contributed by atoms with E-state index in [0.717, 1.165) is 10.8 Å². The van der Waals surface area contributed by atoms with Gasteiger partial charge in [-0.25, -0.2) is 8.42 Å². The van der Waals surface area contributed by atoms with E-state index in [1.165, 1.54) is 0 Å². The Kier molecular flexibility index (Phi) is 3.68. The van der Waals surface area contributed by atoms with Crippen molar-refractivity contribution in [1.29, 1.82) is 0 Å². The molecule has 0 aliphatic carbocycles. The summed E-state index contributed by atoms with van der Waals surface area (Å²) in [6.45, 7) is 0. The van der Waals surface area contributed by atoms with Crippen molar-refractivity contribution in [3.63, 3.8) is 0 Å². The molecule has 0 N–H and O–H groups in total. The van der Waals surface area contributed by atoms with Gasteiger partial charge in [0.25, 0.3) is 0 Å². The number of sulfone groups is 1. The third-order valence-corrected chi connectivity index (χ3v) is 5.59. The molecule has 0 amide bonds. The van der Waals surface area contributed by atoms with E-state index in [4.69, 9.17) is 4.74 Å². The number of benzene rings is 2. The molecule has 0 radical (unpaired) electrons. The van der Waals surface area contributed by atoms with Crippen LogP contribution in [0.1, 0.15) is 12.8 Å². The van der Waals surface area contributed by atoms with Crippen molar-refractivity contribution < 1.29 is 17.9 Å². The fourth-order valence-corrected chi connectivity index (χ4v) is 4.58. The summed E-state index contributed by atoms with van der Waals surface area (Å²) in [5.41, 5.74) is 0. The highest BCUT2D eigenvalue weighted by atomic mass is 32.2. The van der Waals surface area contributed by atoms with Crippen molar-refractivity contribution in [1.82, 2.24) is 0 Å². The van der Waals surface area contributed by atoms with Crippen LogP contribution >= 0.6 is 0 Å². The Hall–Kier alpha value is -1.88. The number of rotatable bonds is 3. The molecule has 5 heteroatoms. The third kappa shape index (κ3) is 3.24. The number of carbonyl (C=O) groups excluding carboxylic acids is 1. The van der Waals surface area contributed by atoms with Crippen molar-refractivity contribution >= 4 is 26.6 Å². The number of fused-ring (bicyclic) bond motifs is 1. The van der Waals surface area contributed by atoms with E-state index in [-0.39, 0.29) is 29.8 Å². The molecule has 2 aromatic carbocycles. The van der Waals surface area contributed by atoms with Crippen molar-refractivity contribution in [2.45, 2.75) is 12.8 Å². The minimum absolute atomic E-state index is 0.0949. The SMILES string of the molecule is O=C(C[C@@H]1CCS(=O)(=O)C1)Oc1cccc2ccccc12. The summed E-state index contributed by atoms with van der Waals surface area (Å²) in [7, 11) is -2.96. The largest absolute Gasteiger partial charge is 0.426 e. The van der Waals surface area contributed by atoms with Crippen LogP contribution in [-0.2, 0) is 14.6 Å². The Morgan fingerprint density at radius 3 is 2.67 bits per heavy atom. The zero-order valence-corrected chi connectivity index (χ0v) is 12.3. The normalized spacial score (nSPS) is 20.5. The Morgan fingerprint density at radius 2 is 1.90 bits per heavy atom. The first-order valence-corrected chi connectivity index (χ1v) is 8.74. The number of ether oxygens (including phenoxy) is 1. The lowest BCUT2D eigenvalue weighted by molar-refractivity contribution is -0.135. The van der Waals surface area contributed by atoms with Crippen LogP contribution in [0.4, 0.5) is 0 Å². The maximum atomic E-state index is 12.0. The van der Waals surface area contributed by atoms with Gasteiger partial charge in [0.2, 0.25) is 0 Å². The van der Waals surface area contributed by atoms with Gasteiger partial charge in [0.05, 0.1) is 11.5 Å². The van der Waals surface area contributed by atoms with Gasteiger partial charge < -0.3 is 4.74 Å². The van der Waals surface area contributed by atoms with E-state index in [1.807, 2.05) is 36.4 Å². The highest BCUT2D eigenvalue weighted by Crippen LogP contribution is 2.27. The number of hydrogen-bond acceptors (Lipinski definition) is 4. The summed E-state index contributed by atoms with van der Waals surface area (Å²) in [5.74, 6) is 0.321. The molecule has 1 fully saturated rings. The van der Waals surface area contributed by atoms with Crippen molar-refractivity contribution in [3.05, 3.63) is 42.5 Å². The minimum Gasteiger partial charge on any atom is -0.426 e. The quantitative estimate of drug-likeness (QED) is 0.646. The zero-order valence-electron chi connectivity index (χ0n) is 11.5. The van der Waals surface area contributed by atoms with Gasteiger partial charge in [-0.05, 0) is 23.8 Å². The molecule has 4 nitrogen and oxygen atoms in total. The molecule has 1 atom stereocenters. The maximum Gasteiger partial charge on any atom is 0.311 e. The van der Waals surface area contributed by atoms with Gasteiger partial charge in [0.1, 0.15) is 5.75 Å². The molecule has 0 spiro atoms. The van der Waals surface area contributed by atoms with Crippen LogP contribution in [0.25, 0.3) is 10.8 Å². The van der Waals surface area contributed by atoms with Gasteiger partial charge in [-0.3, -0.25) is 4.79 Å². The lowest BCUT2D eigenvalue weighted by Crippen LogP contribution is -2.15. The standard InChI is InChI=1S/C16H16O4S/c17-16(10-12-8-9-21(18,19)11-12)20-15-7-3-5-13-4-1-2-6-14(13)15/h1-7,12H,8-11H2/t12-/m0/s1. The van der Waals surface area contributed by atoms with Crippen molar-refractivity contribution in [2.24, 2.45) is 5.92 Å². The average Bonchev–Trinajstić information content (AvgIpc) is 2.78. The van der Waals surface area contributed by atoms with Gasteiger partial charge in [-0.1, -0.05) is 36.4 Å². The summed E-state index contributed by atoms with van der Waals surface area (Å²) in [6, 6.07) is 13.2. The van der Waals surface area contributed by atoms with E-state index in [9.17, 15) is 13.2 Å².